The van der Waals surface area contributed by atoms with Crippen LogP contribution in [0.15, 0.2) is 47.7 Å². The number of halogens is 1. The summed E-state index contributed by atoms with van der Waals surface area (Å²) in [4.78, 5) is 22.6. The van der Waals surface area contributed by atoms with Crippen LogP contribution in [0.25, 0.3) is 22.3 Å². The summed E-state index contributed by atoms with van der Waals surface area (Å²) in [6.45, 7) is 3.42. The van der Waals surface area contributed by atoms with Crippen molar-refractivity contribution in [3.05, 3.63) is 47.7 Å². The van der Waals surface area contributed by atoms with Gasteiger partial charge in [0.05, 0.1) is 15.6 Å². The van der Waals surface area contributed by atoms with Crippen molar-refractivity contribution in [2.24, 2.45) is 0 Å². The standard InChI is InChI=1S/C15H12BrN5O/c1-2-10(22)20-9-5-3-8(4-6-9)13-12(16)11-14(17)18-7-19-15(11)21-13/h2-7H,1H2,(H,20,22)(H3,17,18,19,21). The second-order valence-corrected chi connectivity index (χ2v) is 5.36. The van der Waals surface area contributed by atoms with Crippen LogP contribution in [-0.4, -0.2) is 20.9 Å². The minimum atomic E-state index is -0.248. The van der Waals surface area contributed by atoms with Crippen LogP contribution in [0.5, 0.6) is 0 Å². The van der Waals surface area contributed by atoms with E-state index in [1.807, 2.05) is 24.3 Å². The van der Waals surface area contributed by atoms with Crippen LogP contribution in [0.1, 0.15) is 0 Å². The number of nitrogens with zero attached hydrogens (tertiary/aromatic N) is 2. The molecule has 0 bridgehead atoms. The largest absolute Gasteiger partial charge is 0.383 e. The SMILES string of the molecule is C=CC(=O)Nc1ccc(-c2[nH]c3ncnc(N)c3c2Br)cc1. The van der Waals surface area contributed by atoms with Crippen LogP contribution < -0.4 is 11.1 Å². The number of aromatic amines is 1. The zero-order chi connectivity index (χ0) is 15.7. The molecular formula is C15H12BrN5O. The van der Waals surface area contributed by atoms with Crippen molar-refractivity contribution in [3.8, 4) is 11.3 Å². The topological polar surface area (TPSA) is 96.7 Å². The number of nitrogen functional groups attached to an aromatic ring is 1. The number of H-pyrrole nitrogens is 1. The highest BCUT2D eigenvalue weighted by molar-refractivity contribution is 9.10. The fourth-order valence-electron chi connectivity index (χ4n) is 2.12. The number of carbonyl (C=O) groups is 1. The van der Waals surface area contributed by atoms with Gasteiger partial charge in [-0.05, 0) is 39.7 Å². The first kappa shape index (κ1) is 14.3. The number of nitrogens with one attached hydrogen (secondary N) is 2. The lowest BCUT2D eigenvalue weighted by atomic mass is 10.1. The summed E-state index contributed by atoms with van der Waals surface area (Å²) < 4.78 is 0.809. The van der Waals surface area contributed by atoms with Crippen molar-refractivity contribution >= 4 is 44.4 Å². The molecule has 0 aliphatic heterocycles. The number of hydrogen-bond donors (Lipinski definition) is 3. The molecule has 0 unspecified atom stereocenters. The summed E-state index contributed by atoms with van der Waals surface area (Å²) in [6, 6.07) is 7.39. The number of amides is 1. The highest BCUT2D eigenvalue weighted by Gasteiger charge is 2.14. The van der Waals surface area contributed by atoms with E-state index in [0.717, 1.165) is 21.1 Å². The molecule has 6 nitrogen and oxygen atoms in total. The monoisotopic (exact) mass is 357 g/mol. The molecule has 0 saturated carbocycles. The van der Waals surface area contributed by atoms with Gasteiger partial charge < -0.3 is 16.0 Å². The molecule has 0 radical (unpaired) electrons. The summed E-state index contributed by atoms with van der Waals surface area (Å²) in [5, 5.41) is 3.45. The molecule has 7 heteroatoms. The Morgan fingerprint density at radius 2 is 2.05 bits per heavy atom. The van der Waals surface area contributed by atoms with Crippen LogP contribution in [-0.2, 0) is 4.79 Å². The van der Waals surface area contributed by atoms with Gasteiger partial charge in [-0.25, -0.2) is 9.97 Å². The number of anilines is 2. The van der Waals surface area contributed by atoms with Crippen LogP contribution in [0.4, 0.5) is 11.5 Å². The fraction of sp³-hybridized carbons (Fsp3) is 0. The van der Waals surface area contributed by atoms with Crippen LogP contribution in [0, 0.1) is 0 Å². The van der Waals surface area contributed by atoms with Crippen molar-refractivity contribution in [3.63, 3.8) is 0 Å². The van der Waals surface area contributed by atoms with Crippen molar-refractivity contribution in [1.29, 1.82) is 0 Å². The molecule has 3 aromatic rings. The molecule has 110 valence electrons. The minimum Gasteiger partial charge on any atom is -0.383 e. The van der Waals surface area contributed by atoms with Gasteiger partial charge in [-0.3, -0.25) is 4.79 Å². The lowest BCUT2D eigenvalue weighted by Gasteiger charge is -2.04. The number of nitrogens with two attached hydrogens (primary N) is 1. The Morgan fingerprint density at radius 1 is 1.32 bits per heavy atom. The number of carbonyl (C=O) groups excluding carboxylic acids is 1. The molecule has 2 heterocycles. The zero-order valence-electron chi connectivity index (χ0n) is 11.4. The van der Waals surface area contributed by atoms with Gasteiger partial charge in [0.1, 0.15) is 17.8 Å². The molecule has 4 N–H and O–H groups in total. The first-order valence-electron chi connectivity index (χ1n) is 6.41. The third-order valence-corrected chi connectivity index (χ3v) is 3.98. The van der Waals surface area contributed by atoms with E-state index >= 15 is 0 Å². The average Bonchev–Trinajstić information content (AvgIpc) is 2.86. The smallest absolute Gasteiger partial charge is 0.247 e. The maximum Gasteiger partial charge on any atom is 0.247 e. The minimum absolute atomic E-state index is 0.248. The fourth-order valence-corrected chi connectivity index (χ4v) is 2.84. The number of fused-ring (bicyclic) bond motifs is 1. The molecular weight excluding hydrogens is 346 g/mol. The average molecular weight is 358 g/mol. The lowest BCUT2D eigenvalue weighted by Crippen LogP contribution is -2.06. The third kappa shape index (κ3) is 2.46. The van der Waals surface area contributed by atoms with E-state index in [4.69, 9.17) is 5.73 Å². The van der Waals surface area contributed by atoms with E-state index in [9.17, 15) is 4.79 Å². The molecule has 0 aliphatic rings. The first-order valence-corrected chi connectivity index (χ1v) is 7.21. The zero-order valence-corrected chi connectivity index (χ0v) is 13.0. The van der Waals surface area contributed by atoms with E-state index in [1.165, 1.54) is 12.4 Å². The van der Waals surface area contributed by atoms with Gasteiger partial charge in [0, 0.05) is 5.69 Å². The second kappa shape index (κ2) is 5.61. The second-order valence-electron chi connectivity index (χ2n) is 4.57. The van der Waals surface area contributed by atoms with Gasteiger partial charge in [-0.1, -0.05) is 18.7 Å². The van der Waals surface area contributed by atoms with Gasteiger partial charge in [0.2, 0.25) is 5.91 Å². The first-order chi connectivity index (χ1) is 10.6. The molecule has 0 aliphatic carbocycles. The van der Waals surface area contributed by atoms with Gasteiger partial charge in [0.25, 0.3) is 0 Å². The third-order valence-electron chi connectivity index (χ3n) is 3.19. The molecule has 0 saturated heterocycles. The normalized spacial score (nSPS) is 10.6. The molecule has 22 heavy (non-hydrogen) atoms. The predicted octanol–water partition coefficient (Wildman–Crippen LogP) is 3.09. The van der Waals surface area contributed by atoms with Gasteiger partial charge >= 0.3 is 0 Å². The number of aromatic nitrogens is 3. The van der Waals surface area contributed by atoms with E-state index in [0.29, 0.717) is 17.2 Å². The quantitative estimate of drug-likeness (QED) is 0.627. The Hall–Kier alpha value is -2.67. The van der Waals surface area contributed by atoms with Crippen LogP contribution >= 0.6 is 15.9 Å². The maximum atomic E-state index is 11.3. The number of benzene rings is 1. The summed E-state index contributed by atoms with van der Waals surface area (Å²) in [5.74, 6) is 0.164. The summed E-state index contributed by atoms with van der Waals surface area (Å²) in [7, 11) is 0. The number of rotatable bonds is 3. The van der Waals surface area contributed by atoms with Crippen molar-refractivity contribution in [1.82, 2.24) is 15.0 Å². The van der Waals surface area contributed by atoms with Crippen LogP contribution in [0.2, 0.25) is 0 Å². The predicted molar refractivity (Wildman–Crippen MR) is 90.3 cm³/mol. The molecule has 3 rings (SSSR count). The molecule has 0 atom stereocenters. The Balaban J connectivity index is 2.01. The van der Waals surface area contributed by atoms with Crippen molar-refractivity contribution < 1.29 is 4.79 Å². The molecule has 1 amide bonds. The van der Waals surface area contributed by atoms with Gasteiger partial charge in [0.15, 0.2) is 0 Å². The van der Waals surface area contributed by atoms with E-state index in [2.05, 4.69) is 42.8 Å². The molecule has 0 spiro atoms. The molecule has 1 aromatic carbocycles. The van der Waals surface area contributed by atoms with E-state index in [1.54, 1.807) is 0 Å². The lowest BCUT2D eigenvalue weighted by molar-refractivity contribution is -0.111. The van der Waals surface area contributed by atoms with Crippen LogP contribution in [0.3, 0.4) is 0 Å². The van der Waals surface area contributed by atoms with Gasteiger partial charge in [-0.2, -0.15) is 0 Å². The van der Waals surface area contributed by atoms with E-state index in [-0.39, 0.29) is 5.91 Å². The molecule has 2 aromatic heterocycles. The van der Waals surface area contributed by atoms with E-state index < -0.39 is 0 Å². The molecule has 0 fully saturated rings. The highest BCUT2D eigenvalue weighted by Crippen LogP contribution is 2.36. The summed E-state index contributed by atoms with van der Waals surface area (Å²) in [5.41, 5.74) is 9.03. The Labute approximate surface area is 134 Å². The Kier molecular flexibility index (Phi) is 3.64. The Morgan fingerprint density at radius 3 is 2.68 bits per heavy atom. The van der Waals surface area contributed by atoms with Crippen molar-refractivity contribution in [2.45, 2.75) is 0 Å². The Bertz CT molecular complexity index is 870. The summed E-state index contributed by atoms with van der Waals surface area (Å²) in [6.07, 6.45) is 2.64. The highest BCUT2D eigenvalue weighted by atomic mass is 79.9. The maximum absolute atomic E-state index is 11.3. The van der Waals surface area contributed by atoms with Gasteiger partial charge in [-0.15, -0.1) is 0 Å². The number of hydrogen-bond acceptors (Lipinski definition) is 4. The van der Waals surface area contributed by atoms with Crippen molar-refractivity contribution in [2.75, 3.05) is 11.1 Å². The summed E-state index contributed by atoms with van der Waals surface area (Å²) >= 11 is 3.54.